The Morgan fingerprint density at radius 1 is 1.19 bits per heavy atom. The number of aliphatic hydroxyl groups is 1. The first kappa shape index (κ1) is 18.3. The minimum atomic E-state index is -1.33. The van der Waals surface area contributed by atoms with Gasteiger partial charge in [0, 0.05) is 49.4 Å². The average Bonchev–Trinajstić information content (AvgIpc) is 3.52. The zero-order chi connectivity index (χ0) is 18.9. The highest BCUT2D eigenvalue weighted by Crippen LogP contribution is 2.35. The van der Waals surface area contributed by atoms with Crippen LogP contribution in [-0.2, 0) is 4.79 Å². The normalized spacial score (nSPS) is 19.0. The number of amides is 1. The summed E-state index contributed by atoms with van der Waals surface area (Å²) < 4.78 is 0. The highest BCUT2D eigenvalue weighted by molar-refractivity contribution is 6.30. The van der Waals surface area contributed by atoms with Crippen molar-refractivity contribution in [3.8, 4) is 0 Å². The number of piperidine rings is 1. The molecule has 142 valence electrons. The summed E-state index contributed by atoms with van der Waals surface area (Å²) >= 11 is 6.00. The minimum absolute atomic E-state index is 0.197. The van der Waals surface area contributed by atoms with Gasteiger partial charge in [-0.15, -0.1) is 0 Å². The zero-order valence-electron chi connectivity index (χ0n) is 15.2. The Labute approximate surface area is 164 Å². The van der Waals surface area contributed by atoms with Crippen molar-refractivity contribution in [2.45, 2.75) is 31.3 Å². The smallest absolute Gasteiger partial charge is 0.259 e. The number of rotatable bonds is 5. The van der Waals surface area contributed by atoms with Crippen LogP contribution in [0.4, 0.5) is 11.5 Å². The van der Waals surface area contributed by atoms with Gasteiger partial charge in [0.25, 0.3) is 5.91 Å². The van der Waals surface area contributed by atoms with E-state index < -0.39 is 5.60 Å². The molecular formula is C21H24ClN3O2. The molecule has 1 N–H and O–H groups in total. The van der Waals surface area contributed by atoms with Crippen LogP contribution in [0.15, 0.2) is 48.7 Å². The molecule has 0 spiro atoms. The van der Waals surface area contributed by atoms with E-state index in [2.05, 4.69) is 9.88 Å². The summed E-state index contributed by atoms with van der Waals surface area (Å²) in [5.74, 6) is 1.22. The summed E-state index contributed by atoms with van der Waals surface area (Å²) in [6.07, 6.45) is 4.85. The molecule has 27 heavy (non-hydrogen) atoms. The molecule has 2 fully saturated rings. The molecule has 1 aliphatic carbocycles. The quantitative estimate of drug-likeness (QED) is 0.855. The largest absolute Gasteiger partial charge is 0.380 e. The molecule has 4 rings (SSSR count). The summed E-state index contributed by atoms with van der Waals surface area (Å²) in [7, 11) is 0. The van der Waals surface area contributed by atoms with E-state index in [4.69, 9.17) is 11.6 Å². The maximum absolute atomic E-state index is 13.3. The van der Waals surface area contributed by atoms with Crippen LogP contribution >= 0.6 is 11.6 Å². The van der Waals surface area contributed by atoms with Crippen molar-refractivity contribution >= 4 is 29.0 Å². The number of pyridine rings is 1. The molecule has 1 saturated carbocycles. The Bertz CT molecular complexity index is 785. The van der Waals surface area contributed by atoms with Crippen molar-refractivity contribution in [2.75, 3.05) is 29.4 Å². The first-order valence-electron chi connectivity index (χ1n) is 9.51. The van der Waals surface area contributed by atoms with Crippen LogP contribution in [0.1, 0.15) is 25.7 Å². The fourth-order valence-electron chi connectivity index (χ4n) is 3.60. The Morgan fingerprint density at radius 3 is 2.48 bits per heavy atom. The molecular weight excluding hydrogens is 362 g/mol. The lowest BCUT2D eigenvalue weighted by atomic mass is 9.89. The molecule has 2 aromatic rings. The molecule has 6 heteroatoms. The standard InChI is InChI=1S/C21H24ClN3O2/c22-17-6-8-18(9-7-17)25(15-16-4-5-16)20(26)21(27)10-13-24(14-11-21)19-3-1-2-12-23-19/h1-3,6-9,12,16,27H,4-5,10-11,13-15H2. The van der Waals surface area contributed by atoms with Gasteiger partial charge in [-0.25, -0.2) is 4.98 Å². The van der Waals surface area contributed by atoms with Gasteiger partial charge in [-0.05, 0) is 55.2 Å². The number of anilines is 2. The van der Waals surface area contributed by atoms with E-state index in [-0.39, 0.29) is 5.91 Å². The summed E-state index contributed by atoms with van der Waals surface area (Å²) in [5.41, 5.74) is -0.531. The first-order chi connectivity index (χ1) is 13.0. The second-order valence-corrected chi connectivity index (χ2v) is 7.98. The topological polar surface area (TPSA) is 56.7 Å². The second kappa shape index (κ2) is 7.49. The number of aromatic nitrogens is 1. The van der Waals surface area contributed by atoms with E-state index in [0.29, 0.717) is 43.4 Å². The number of carbonyl (C=O) groups is 1. The monoisotopic (exact) mass is 385 g/mol. The van der Waals surface area contributed by atoms with Crippen molar-refractivity contribution in [1.82, 2.24) is 4.98 Å². The third-order valence-electron chi connectivity index (χ3n) is 5.48. The lowest BCUT2D eigenvalue weighted by Gasteiger charge is -2.40. The van der Waals surface area contributed by atoms with E-state index >= 15 is 0 Å². The van der Waals surface area contributed by atoms with E-state index in [0.717, 1.165) is 24.3 Å². The lowest BCUT2D eigenvalue weighted by Crippen LogP contribution is -2.55. The second-order valence-electron chi connectivity index (χ2n) is 7.54. The third-order valence-corrected chi connectivity index (χ3v) is 5.74. The van der Waals surface area contributed by atoms with Gasteiger partial charge in [-0.3, -0.25) is 4.79 Å². The molecule has 0 atom stereocenters. The van der Waals surface area contributed by atoms with Crippen molar-refractivity contribution in [3.63, 3.8) is 0 Å². The van der Waals surface area contributed by atoms with Crippen LogP contribution in [0, 0.1) is 5.92 Å². The van der Waals surface area contributed by atoms with Crippen LogP contribution in [0.3, 0.4) is 0 Å². The summed E-state index contributed by atoms with van der Waals surface area (Å²) in [5, 5.41) is 11.8. The zero-order valence-corrected chi connectivity index (χ0v) is 16.0. The molecule has 1 saturated heterocycles. The van der Waals surface area contributed by atoms with Crippen molar-refractivity contribution in [1.29, 1.82) is 0 Å². The van der Waals surface area contributed by atoms with Gasteiger partial charge >= 0.3 is 0 Å². The molecule has 0 unspecified atom stereocenters. The summed E-state index contributed by atoms with van der Waals surface area (Å²) in [6.45, 7) is 1.88. The fraction of sp³-hybridized carbons (Fsp3) is 0.429. The number of hydrogen-bond donors (Lipinski definition) is 1. The molecule has 2 aliphatic rings. The van der Waals surface area contributed by atoms with Crippen LogP contribution < -0.4 is 9.80 Å². The molecule has 5 nitrogen and oxygen atoms in total. The number of carbonyl (C=O) groups excluding carboxylic acids is 1. The van der Waals surface area contributed by atoms with Gasteiger partial charge < -0.3 is 14.9 Å². The van der Waals surface area contributed by atoms with E-state index in [1.54, 1.807) is 23.2 Å². The number of benzene rings is 1. The van der Waals surface area contributed by atoms with Gasteiger partial charge in [0.1, 0.15) is 11.4 Å². The molecule has 1 amide bonds. The SMILES string of the molecule is O=C(N(CC1CC1)c1ccc(Cl)cc1)C1(O)CCN(c2ccccn2)CC1. The molecule has 1 aliphatic heterocycles. The van der Waals surface area contributed by atoms with Crippen molar-refractivity contribution < 1.29 is 9.90 Å². The number of hydrogen-bond acceptors (Lipinski definition) is 4. The molecule has 1 aromatic carbocycles. The summed E-state index contributed by atoms with van der Waals surface area (Å²) in [4.78, 5) is 21.6. The average molecular weight is 386 g/mol. The summed E-state index contributed by atoms with van der Waals surface area (Å²) in [6, 6.07) is 13.1. The van der Waals surface area contributed by atoms with Gasteiger partial charge in [0.15, 0.2) is 0 Å². The van der Waals surface area contributed by atoms with Gasteiger partial charge in [-0.1, -0.05) is 17.7 Å². The maximum atomic E-state index is 13.3. The lowest BCUT2D eigenvalue weighted by molar-refractivity contribution is -0.138. The highest BCUT2D eigenvalue weighted by atomic mass is 35.5. The van der Waals surface area contributed by atoms with Gasteiger partial charge in [0.2, 0.25) is 0 Å². The Morgan fingerprint density at radius 2 is 1.89 bits per heavy atom. The molecule has 0 bridgehead atoms. The van der Waals surface area contributed by atoms with Gasteiger partial charge in [-0.2, -0.15) is 0 Å². The fourth-order valence-corrected chi connectivity index (χ4v) is 3.72. The Hall–Kier alpha value is -2.11. The van der Waals surface area contributed by atoms with Crippen LogP contribution in [0.25, 0.3) is 0 Å². The maximum Gasteiger partial charge on any atom is 0.259 e. The minimum Gasteiger partial charge on any atom is -0.380 e. The molecule has 0 radical (unpaired) electrons. The Balaban J connectivity index is 1.49. The van der Waals surface area contributed by atoms with E-state index in [9.17, 15) is 9.90 Å². The highest BCUT2D eigenvalue weighted by Gasteiger charge is 2.43. The third kappa shape index (κ3) is 4.09. The van der Waals surface area contributed by atoms with E-state index in [1.807, 2.05) is 30.3 Å². The van der Waals surface area contributed by atoms with Crippen LogP contribution in [-0.4, -0.2) is 41.2 Å². The predicted octanol–water partition coefficient (Wildman–Crippen LogP) is 3.51. The Kier molecular flexibility index (Phi) is 5.06. The van der Waals surface area contributed by atoms with Crippen molar-refractivity contribution in [3.05, 3.63) is 53.7 Å². The predicted molar refractivity (Wildman–Crippen MR) is 107 cm³/mol. The molecule has 2 heterocycles. The van der Waals surface area contributed by atoms with Crippen molar-refractivity contribution in [2.24, 2.45) is 5.92 Å². The first-order valence-corrected chi connectivity index (χ1v) is 9.89. The van der Waals surface area contributed by atoms with Crippen LogP contribution in [0.2, 0.25) is 5.02 Å². The number of halogens is 1. The van der Waals surface area contributed by atoms with Crippen LogP contribution in [0.5, 0.6) is 0 Å². The number of nitrogens with zero attached hydrogens (tertiary/aromatic N) is 3. The van der Waals surface area contributed by atoms with Gasteiger partial charge in [0.05, 0.1) is 0 Å². The molecule has 1 aromatic heterocycles. The van der Waals surface area contributed by atoms with E-state index in [1.165, 1.54) is 0 Å².